The van der Waals surface area contributed by atoms with Gasteiger partial charge in [-0.3, -0.25) is 9.59 Å². The van der Waals surface area contributed by atoms with E-state index < -0.39 is 11.9 Å². The van der Waals surface area contributed by atoms with Gasteiger partial charge in [0.05, 0.1) is 12.7 Å². The Morgan fingerprint density at radius 1 is 0.957 bits per heavy atom. The quantitative estimate of drug-likeness (QED) is 0.648. The molecule has 0 fully saturated rings. The molecule has 1 amide bonds. The molecule has 0 atom stereocenters. The minimum atomic E-state index is -0.655. The van der Waals surface area contributed by atoms with Gasteiger partial charge in [0.25, 0.3) is 0 Å². The first kappa shape index (κ1) is 16.2. The van der Waals surface area contributed by atoms with Gasteiger partial charge in [0.1, 0.15) is 5.75 Å². The summed E-state index contributed by atoms with van der Waals surface area (Å²) in [6.07, 6.45) is 0. The monoisotopic (exact) mass is 313 g/mol. The van der Waals surface area contributed by atoms with E-state index in [1.54, 1.807) is 24.3 Å². The number of carbonyl (C=O) groups excluding carboxylic acids is 3. The normalized spacial score (nSPS) is 9.96. The molecule has 2 aromatic carbocycles. The summed E-state index contributed by atoms with van der Waals surface area (Å²) < 4.78 is 10.0. The molecule has 0 saturated carbocycles. The van der Waals surface area contributed by atoms with Crippen LogP contribution in [0.25, 0.3) is 0 Å². The van der Waals surface area contributed by atoms with Crippen molar-refractivity contribution in [3.63, 3.8) is 0 Å². The van der Waals surface area contributed by atoms with E-state index in [2.05, 4.69) is 0 Å². The van der Waals surface area contributed by atoms with Crippen LogP contribution in [0.4, 0.5) is 0 Å². The number of methoxy groups -OCH3 is 1. The van der Waals surface area contributed by atoms with E-state index in [-0.39, 0.29) is 23.5 Å². The van der Waals surface area contributed by atoms with E-state index in [1.165, 1.54) is 31.4 Å². The number of benzene rings is 2. The lowest BCUT2D eigenvalue weighted by molar-refractivity contribution is 0.0474. The number of carbonyl (C=O) groups is 3. The van der Waals surface area contributed by atoms with E-state index in [0.717, 1.165) is 0 Å². The van der Waals surface area contributed by atoms with Crippen LogP contribution < -0.4 is 10.5 Å². The third-order valence-electron chi connectivity index (χ3n) is 3.13. The Hall–Kier alpha value is -3.15. The minimum absolute atomic E-state index is 0.230. The molecule has 0 aliphatic carbocycles. The number of primary amides is 1. The number of rotatable bonds is 6. The minimum Gasteiger partial charge on any atom is -0.497 e. The molecule has 0 bridgehead atoms. The molecule has 0 unspecified atom stereocenters. The van der Waals surface area contributed by atoms with Crippen LogP contribution in [-0.2, 0) is 4.74 Å². The van der Waals surface area contributed by atoms with Gasteiger partial charge < -0.3 is 15.2 Å². The number of ketones is 1. The molecule has 118 valence electrons. The largest absolute Gasteiger partial charge is 0.497 e. The van der Waals surface area contributed by atoms with Crippen LogP contribution >= 0.6 is 0 Å². The summed E-state index contributed by atoms with van der Waals surface area (Å²) in [6.45, 7) is -0.385. The lowest BCUT2D eigenvalue weighted by Gasteiger charge is -2.06. The summed E-state index contributed by atoms with van der Waals surface area (Å²) in [7, 11) is 1.50. The first-order valence-electron chi connectivity index (χ1n) is 6.75. The topological polar surface area (TPSA) is 95.7 Å². The molecule has 0 aromatic heterocycles. The summed E-state index contributed by atoms with van der Waals surface area (Å²) in [4.78, 5) is 34.8. The van der Waals surface area contributed by atoms with Gasteiger partial charge in [0, 0.05) is 11.1 Å². The second-order valence-corrected chi connectivity index (χ2v) is 4.67. The fourth-order valence-corrected chi connectivity index (χ4v) is 1.86. The van der Waals surface area contributed by atoms with Gasteiger partial charge in [0.2, 0.25) is 5.91 Å². The molecule has 0 saturated heterocycles. The predicted molar refractivity (Wildman–Crippen MR) is 82.6 cm³/mol. The zero-order valence-corrected chi connectivity index (χ0v) is 12.4. The average Bonchev–Trinajstić information content (AvgIpc) is 2.59. The van der Waals surface area contributed by atoms with Gasteiger partial charge in [-0.2, -0.15) is 0 Å². The van der Waals surface area contributed by atoms with Crippen molar-refractivity contribution in [1.29, 1.82) is 0 Å². The number of amides is 1. The molecule has 23 heavy (non-hydrogen) atoms. The van der Waals surface area contributed by atoms with Crippen LogP contribution in [0.1, 0.15) is 31.1 Å². The predicted octanol–water partition coefficient (Wildman–Crippen LogP) is 1.83. The van der Waals surface area contributed by atoms with Crippen molar-refractivity contribution >= 4 is 17.7 Å². The average molecular weight is 313 g/mol. The molecule has 0 aliphatic heterocycles. The summed E-state index contributed by atoms with van der Waals surface area (Å²) in [5.41, 5.74) is 6.02. The molecule has 2 aromatic rings. The lowest BCUT2D eigenvalue weighted by Crippen LogP contribution is -2.15. The highest BCUT2D eigenvalue weighted by Crippen LogP contribution is 2.13. The number of hydrogen-bond donors (Lipinski definition) is 1. The van der Waals surface area contributed by atoms with Crippen molar-refractivity contribution in [2.24, 2.45) is 5.73 Å². The Kier molecular flexibility index (Phi) is 5.09. The van der Waals surface area contributed by atoms with E-state index in [0.29, 0.717) is 11.3 Å². The van der Waals surface area contributed by atoms with Crippen molar-refractivity contribution in [2.45, 2.75) is 0 Å². The maximum atomic E-state index is 12.0. The molecule has 0 aliphatic rings. The van der Waals surface area contributed by atoms with Gasteiger partial charge in [-0.25, -0.2) is 4.79 Å². The molecule has 6 heteroatoms. The maximum absolute atomic E-state index is 12.0. The van der Waals surface area contributed by atoms with Crippen molar-refractivity contribution in [1.82, 2.24) is 0 Å². The van der Waals surface area contributed by atoms with Crippen LogP contribution in [-0.4, -0.2) is 31.4 Å². The summed E-state index contributed by atoms with van der Waals surface area (Å²) in [5.74, 6) is -1.04. The Balaban J connectivity index is 1.97. The van der Waals surface area contributed by atoms with Gasteiger partial charge in [0.15, 0.2) is 12.4 Å². The van der Waals surface area contributed by atoms with Gasteiger partial charge in [-0.1, -0.05) is 12.1 Å². The third-order valence-corrected chi connectivity index (χ3v) is 3.13. The second-order valence-electron chi connectivity index (χ2n) is 4.67. The molecule has 2 N–H and O–H groups in total. The fourth-order valence-electron chi connectivity index (χ4n) is 1.86. The van der Waals surface area contributed by atoms with E-state index >= 15 is 0 Å². The molecule has 2 rings (SSSR count). The lowest BCUT2D eigenvalue weighted by atomic mass is 10.1. The Bertz CT molecular complexity index is 737. The van der Waals surface area contributed by atoms with Crippen LogP contribution in [0, 0.1) is 0 Å². The Morgan fingerprint density at radius 2 is 1.61 bits per heavy atom. The number of ether oxygens (including phenoxy) is 2. The standard InChI is InChI=1S/C17H15NO5/c1-22-14-4-2-3-13(9-14)15(19)10-23-17(21)12-7-5-11(6-8-12)16(18)20/h2-9H,10H2,1H3,(H2,18,20). The van der Waals surface area contributed by atoms with Gasteiger partial charge in [-0.05, 0) is 36.4 Å². The summed E-state index contributed by atoms with van der Waals surface area (Å²) in [5, 5.41) is 0. The number of nitrogens with two attached hydrogens (primary N) is 1. The maximum Gasteiger partial charge on any atom is 0.338 e. The van der Waals surface area contributed by atoms with Crippen molar-refractivity contribution < 1.29 is 23.9 Å². The zero-order chi connectivity index (χ0) is 16.8. The number of hydrogen-bond acceptors (Lipinski definition) is 5. The first-order valence-corrected chi connectivity index (χ1v) is 6.75. The van der Waals surface area contributed by atoms with Crippen LogP contribution in [0.3, 0.4) is 0 Å². The van der Waals surface area contributed by atoms with E-state index in [1.807, 2.05) is 0 Å². The SMILES string of the molecule is COc1cccc(C(=O)COC(=O)c2ccc(C(N)=O)cc2)c1. The van der Waals surface area contributed by atoms with E-state index in [4.69, 9.17) is 15.2 Å². The molecular formula is C17H15NO5. The van der Waals surface area contributed by atoms with Gasteiger partial charge >= 0.3 is 5.97 Å². The van der Waals surface area contributed by atoms with Gasteiger partial charge in [-0.15, -0.1) is 0 Å². The molecule has 0 spiro atoms. The summed E-state index contributed by atoms with van der Waals surface area (Å²) >= 11 is 0. The van der Waals surface area contributed by atoms with Crippen molar-refractivity contribution in [3.8, 4) is 5.75 Å². The molecular weight excluding hydrogens is 298 g/mol. The second kappa shape index (κ2) is 7.22. The zero-order valence-electron chi connectivity index (χ0n) is 12.4. The highest BCUT2D eigenvalue weighted by molar-refractivity contribution is 6.00. The number of Topliss-reactive ketones (excluding diaryl/α,β-unsaturated/α-hetero) is 1. The van der Waals surface area contributed by atoms with E-state index in [9.17, 15) is 14.4 Å². The smallest absolute Gasteiger partial charge is 0.338 e. The highest BCUT2D eigenvalue weighted by Gasteiger charge is 2.13. The first-order chi connectivity index (χ1) is 11.0. The molecule has 6 nitrogen and oxygen atoms in total. The number of esters is 1. The van der Waals surface area contributed by atoms with Crippen LogP contribution in [0.15, 0.2) is 48.5 Å². The van der Waals surface area contributed by atoms with Crippen LogP contribution in [0.5, 0.6) is 5.75 Å². The molecule has 0 heterocycles. The highest BCUT2D eigenvalue weighted by atomic mass is 16.5. The fraction of sp³-hybridized carbons (Fsp3) is 0.118. The summed E-state index contributed by atoms with van der Waals surface area (Å²) in [6, 6.07) is 12.2. The van der Waals surface area contributed by atoms with Crippen LogP contribution in [0.2, 0.25) is 0 Å². The Morgan fingerprint density at radius 3 is 2.22 bits per heavy atom. The molecule has 0 radical (unpaired) electrons. The Labute approximate surface area is 132 Å². The third kappa shape index (κ3) is 4.16. The van der Waals surface area contributed by atoms with Crippen molar-refractivity contribution in [3.05, 3.63) is 65.2 Å². The van der Waals surface area contributed by atoms with Crippen molar-refractivity contribution in [2.75, 3.05) is 13.7 Å².